The first-order chi connectivity index (χ1) is 15.0. The topological polar surface area (TPSA) is 23.6 Å². The molecule has 31 heavy (non-hydrogen) atoms. The third kappa shape index (κ3) is 4.16. The number of ketones is 1. The van der Waals surface area contributed by atoms with Gasteiger partial charge in [0.15, 0.2) is 0 Å². The van der Waals surface area contributed by atoms with Gasteiger partial charge in [-0.15, -0.1) is 0 Å². The van der Waals surface area contributed by atoms with Gasteiger partial charge in [0, 0.05) is 32.1 Å². The lowest BCUT2D eigenvalue weighted by Crippen LogP contribution is -2.51. The predicted molar refractivity (Wildman–Crippen MR) is 128 cm³/mol. The standard InChI is InChI=1S/C28H48N2O/c1-4-13-29-14-16-30(17-15-29)19-27(31)26-10-9-25-24-8-6-21-18-20(2)5-7-22(21)23(24)11-12-28(25,26)3/h20-26H,4-19H2,1-3H3. The van der Waals surface area contributed by atoms with Crippen LogP contribution >= 0.6 is 0 Å². The highest BCUT2D eigenvalue weighted by Gasteiger charge is 2.58. The van der Waals surface area contributed by atoms with Crippen molar-refractivity contribution in [1.82, 2.24) is 9.80 Å². The molecule has 0 aromatic heterocycles. The van der Waals surface area contributed by atoms with Crippen molar-refractivity contribution in [2.24, 2.45) is 46.8 Å². The third-order valence-electron chi connectivity index (χ3n) is 11.0. The maximum atomic E-state index is 13.5. The van der Waals surface area contributed by atoms with Gasteiger partial charge in [0.2, 0.25) is 0 Å². The summed E-state index contributed by atoms with van der Waals surface area (Å²) in [6, 6.07) is 0. The van der Waals surface area contributed by atoms with Crippen LogP contribution in [0.5, 0.6) is 0 Å². The molecule has 1 saturated heterocycles. The Morgan fingerprint density at radius 2 is 1.61 bits per heavy atom. The van der Waals surface area contributed by atoms with Crippen molar-refractivity contribution in [2.45, 2.75) is 85.0 Å². The minimum absolute atomic E-state index is 0.303. The Bertz CT molecular complexity index is 641. The first-order valence-corrected chi connectivity index (χ1v) is 14.0. The van der Waals surface area contributed by atoms with E-state index in [1.54, 1.807) is 0 Å². The van der Waals surface area contributed by atoms with Crippen LogP contribution < -0.4 is 0 Å². The molecule has 0 spiro atoms. The Labute approximate surface area is 191 Å². The van der Waals surface area contributed by atoms with Crippen LogP contribution in [-0.2, 0) is 4.79 Å². The van der Waals surface area contributed by atoms with Crippen molar-refractivity contribution in [3.63, 3.8) is 0 Å². The highest BCUT2D eigenvalue weighted by atomic mass is 16.1. The lowest BCUT2D eigenvalue weighted by atomic mass is 9.49. The molecule has 5 rings (SSSR count). The highest BCUT2D eigenvalue weighted by molar-refractivity contribution is 5.84. The molecule has 176 valence electrons. The summed E-state index contributed by atoms with van der Waals surface area (Å²) in [7, 11) is 0. The van der Waals surface area contributed by atoms with E-state index >= 15 is 0 Å². The molecule has 0 N–H and O–H groups in total. The van der Waals surface area contributed by atoms with E-state index in [4.69, 9.17) is 0 Å². The molecule has 0 bridgehead atoms. The van der Waals surface area contributed by atoms with Gasteiger partial charge < -0.3 is 4.90 Å². The monoisotopic (exact) mass is 428 g/mol. The maximum Gasteiger partial charge on any atom is 0.150 e. The molecule has 4 aliphatic carbocycles. The van der Waals surface area contributed by atoms with Crippen LogP contribution in [0.4, 0.5) is 0 Å². The molecule has 0 amide bonds. The van der Waals surface area contributed by atoms with Gasteiger partial charge in [-0.05, 0) is 105 Å². The number of hydrogen-bond donors (Lipinski definition) is 0. The van der Waals surface area contributed by atoms with Crippen LogP contribution in [0, 0.1) is 46.8 Å². The molecular weight excluding hydrogens is 380 g/mol. The van der Waals surface area contributed by atoms with Gasteiger partial charge in [-0.2, -0.15) is 0 Å². The van der Waals surface area contributed by atoms with Crippen LogP contribution in [0.25, 0.3) is 0 Å². The zero-order valence-electron chi connectivity index (χ0n) is 20.7. The summed E-state index contributed by atoms with van der Waals surface area (Å²) >= 11 is 0. The van der Waals surface area contributed by atoms with E-state index in [-0.39, 0.29) is 0 Å². The predicted octanol–water partition coefficient (Wildman–Crippen LogP) is 5.49. The summed E-state index contributed by atoms with van der Waals surface area (Å²) in [6.07, 6.45) is 14.0. The number of rotatable bonds is 5. The van der Waals surface area contributed by atoms with Crippen molar-refractivity contribution in [3.8, 4) is 0 Å². The first-order valence-electron chi connectivity index (χ1n) is 14.0. The average Bonchev–Trinajstić information content (AvgIpc) is 3.12. The molecule has 3 nitrogen and oxygen atoms in total. The molecule has 1 heterocycles. The Hall–Kier alpha value is -0.410. The minimum Gasteiger partial charge on any atom is -0.301 e. The number of fused-ring (bicyclic) bond motifs is 5. The Morgan fingerprint density at radius 1 is 0.871 bits per heavy atom. The van der Waals surface area contributed by atoms with E-state index < -0.39 is 0 Å². The molecule has 8 unspecified atom stereocenters. The fourth-order valence-corrected chi connectivity index (χ4v) is 9.43. The molecule has 8 atom stereocenters. The van der Waals surface area contributed by atoms with E-state index in [1.807, 2.05) is 0 Å². The molecule has 5 aliphatic rings. The Kier molecular flexibility index (Phi) is 6.56. The third-order valence-corrected chi connectivity index (χ3v) is 11.0. The molecule has 5 fully saturated rings. The maximum absolute atomic E-state index is 13.5. The fraction of sp³-hybridized carbons (Fsp3) is 0.964. The summed E-state index contributed by atoms with van der Waals surface area (Å²) < 4.78 is 0. The van der Waals surface area contributed by atoms with Gasteiger partial charge in [-0.25, -0.2) is 0 Å². The van der Waals surface area contributed by atoms with E-state index in [2.05, 4.69) is 30.6 Å². The molecule has 0 aromatic rings. The number of piperazine rings is 1. The van der Waals surface area contributed by atoms with Crippen molar-refractivity contribution >= 4 is 5.78 Å². The van der Waals surface area contributed by atoms with Crippen molar-refractivity contribution in [1.29, 1.82) is 0 Å². The second-order valence-electron chi connectivity index (χ2n) is 12.6. The summed E-state index contributed by atoms with van der Waals surface area (Å²) in [5.41, 5.74) is 0.303. The fourth-order valence-electron chi connectivity index (χ4n) is 9.43. The normalized spacial score (nSPS) is 46.2. The van der Waals surface area contributed by atoms with Crippen LogP contribution in [0.1, 0.15) is 85.0 Å². The lowest BCUT2D eigenvalue weighted by molar-refractivity contribution is -0.132. The SMILES string of the molecule is CCCN1CCN(CC(=O)C2CCC3C4CCC5CC(C)CCC5C4CCC23C)CC1. The molecule has 3 heteroatoms. The Morgan fingerprint density at radius 3 is 2.39 bits per heavy atom. The van der Waals surface area contributed by atoms with Gasteiger partial charge in [0.25, 0.3) is 0 Å². The van der Waals surface area contributed by atoms with Crippen LogP contribution in [0.15, 0.2) is 0 Å². The quantitative estimate of drug-likeness (QED) is 0.579. The highest BCUT2D eigenvalue weighted by Crippen LogP contribution is 2.64. The second kappa shape index (κ2) is 9.09. The number of carbonyl (C=O) groups excluding carboxylic acids is 1. The zero-order chi connectivity index (χ0) is 21.6. The lowest BCUT2D eigenvalue weighted by Gasteiger charge is -2.56. The van der Waals surface area contributed by atoms with Crippen LogP contribution in [0.2, 0.25) is 0 Å². The summed E-state index contributed by atoms with van der Waals surface area (Å²) in [5.74, 6) is 6.71. The zero-order valence-corrected chi connectivity index (χ0v) is 20.7. The molecule has 4 saturated carbocycles. The molecule has 0 radical (unpaired) electrons. The summed E-state index contributed by atoms with van der Waals surface area (Å²) in [6.45, 7) is 13.7. The number of carbonyl (C=O) groups is 1. The average molecular weight is 429 g/mol. The molecular formula is C28H48N2O. The summed E-state index contributed by atoms with van der Waals surface area (Å²) in [5, 5.41) is 0. The first kappa shape index (κ1) is 22.4. The smallest absolute Gasteiger partial charge is 0.150 e. The second-order valence-corrected chi connectivity index (χ2v) is 12.6. The summed E-state index contributed by atoms with van der Waals surface area (Å²) in [4.78, 5) is 18.6. The number of hydrogen-bond acceptors (Lipinski definition) is 3. The number of nitrogens with zero attached hydrogens (tertiary/aromatic N) is 2. The number of Topliss-reactive ketones (excluding diaryl/α,β-unsaturated/α-hetero) is 1. The van der Waals surface area contributed by atoms with E-state index in [0.717, 1.165) is 68.2 Å². The van der Waals surface area contributed by atoms with Gasteiger partial charge in [-0.1, -0.05) is 27.2 Å². The van der Waals surface area contributed by atoms with Crippen molar-refractivity contribution < 1.29 is 4.79 Å². The Balaban J connectivity index is 1.21. The van der Waals surface area contributed by atoms with Crippen LogP contribution in [-0.4, -0.2) is 54.9 Å². The van der Waals surface area contributed by atoms with Gasteiger partial charge in [0.05, 0.1) is 6.54 Å². The van der Waals surface area contributed by atoms with Gasteiger partial charge in [-0.3, -0.25) is 9.69 Å². The van der Waals surface area contributed by atoms with E-state index in [0.29, 0.717) is 17.1 Å². The van der Waals surface area contributed by atoms with Crippen molar-refractivity contribution in [3.05, 3.63) is 0 Å². The van der Waals surface area contributed by atoms with E-state index in [9.17, 15) is 4.79 Å². The van der Waals surface area contributed by atoms with Crippen LogP contribution in [0.3, 0.4) is 0 Å². The van der Waals surface area contributed by atoms with Gasteiger partial charge >= 0.3 is 0 Å². The van der Waals surface area contributed by atoms with E-state index in [1.165, 1.54) is 70.8 Å². The van der Waals surface area contributed by atoms with Crippen molar-refractivity contribution in [2.75, 3.05) is 39.3 Å². The minimum atomic E-state index is 0.303. The van der Waals surface area contributed by atoms with Gasteiger partial charge in [0.1, 0.15) is 5.78 Å². The molecule has 1 aliphatic heterocycles. The molecule has 0 aromatic carbocycles. The largest absolute Gasteiger partial charge is 0.301 e.